The Balaban J connectivity index is 1.76. The topological polar surface area (TPSA) is 79.5 Å². The predicted molar refractivity (Wildman–Crippen MR) is 122 cm³/mol. The van der Waals surface area contributed by atoms with Crippen LogP contribution in [0.2, 0.25) is 0 Å². The number of fused-ring (bicyclic) bond motifs is 1. The van der Waals surface area contributed by atoms with Crippen molar-refractivity contribution in [3.05, 3.63) is 75.1 Å². The summed E-state index contributed by atoms with van der Waals surface area (Å²) in [7, 11) is -4.35. The standard InChI is InChI=1S/C24H25F3N2O4S/c1-15-8-9-17-11-18(23(30)28-22(17)16(15)2)13-29(14-20-6-4-10-33-20)34(31,32)21-7-3-5-19(12-21)24(25,26)27/h3,5,7-9,11-12,20H,4,6,10,13-14H2,1-2H3,(H,28,30)/t20-/m0/s1. The van der Waals surface area contributed by atoms with Gasteiger partial charge in [0.1, 0.15) is 0 Å². The van der Waals surface area contributed by atoms with E-state index in [2.05, 4.69) is 4.98 Å². The van der Waals surface area contributed by atoms with Crippen molar-refractivity contribution >= 4 is 20.9 Å². The van der Waals surface area contributed by atoms with Crippen molar-refractivity contribution in [2.45, 2.75) is 50.4 Å². The summed E-state index contributed by atoms with van der Waals surface area (Å²) in [5, 5.41) is 0.742. The van der Waals surface area contributed by atoms with Crippen LogP contribution in [0.15, 0.2) is 52.2 Å². The lowest BCUT2D eigenvalue weighted by Gasteiger charge is -2.25. The number of hydrogen-bond donors (Lipinski definition) is 1. The Kier molecular flexibility index (Phi) is 6.58. The third-order valence-corrected chi connectivity index (χ3v) is 8.01. The summed E-state index contributed by atoms with van der Waals surface area (Å²) in [5.74, 6) is 0. The summed E-state index contributed by atoms with van der Waals surface area (Å²) in [6.45, 7) is 3.93. The fraction of sp³-hybridized carbons (Fsp3) is 0.375. The summed E-state index contributed by atoms with van der Waals surface area (Å²) in [5.41, 5.74) is 1.28. The summed E-state index contributed by atoms with van der Waals surface area (Å²) in [6, 6.07) is 9.00. The molecule has 1 aromatic heterocycles. The number of hydrogen-bond acceptors (Lipinski definition) is 4. The van der Waals surface area contributed by atoms with E-state index in [-0.39, 0.29) is 18.7 Å². The van der Waals surface area contributed by atoms with E-state index in [1.165, 1.54) is 0 Å². The van der Waals surface area contributed by atoms with E-state index in [0.717, 1.165) is 45.4 Å². The van der Waals surface area contributed by atoms with Gasteiger partial charge >= 0.3 is 6.18 Å². The molecule has 1 aliphatic rings. The van der Waals surface area contributed by atoms with E-state index in [1.54, 1.807) is 6.07 Å². The molecule has 1 N–H and O–H groups in total. The van der Waals surface area contributed by atoms with Crippen LogP contribution in [-0.2, 0) is 27.5 Å². The maximum atomic E-state index is 13.5. The van der Waals surface area contributed by atoms with Crippen LogP contribution in [0.5, 0.6) is 0 Å². The fourth-order valence-electron chi connectivity index (χ4n) is 4.12. The van der Waals surface area contributed by atoms with E-state index in [1.807, 2.05) is 26.0 Å². The smallest absolute Gasteiger partial charge is 0.377 e. The van der Waals surface area contributed by atoms with Crippen LogP contribution in [0, 0.1) is 13.8 Å². The first-order valence-corrected chi connectivity index (χ1v) is 12.3. The van der Waals surface area contributed by atoms with Crippen LogP contribution >= 0.6 is 0 Å². The Morgan fingerprint density at radius 3 is 2.59 bits per heavy atom. The molecule has 0 bridgehead atoms. The molecular weight excluding hydrogens is 469 g/mol. The van der Waals surface area contributed by atoms with Gasteiger partial charge in [-0.25, -0.2) is 8.42 Å². The minimum Gasteiger partial charge on any atom is -0.377 e. The zero-order valence-electron chi connectivity index (χ0n) is 18.8. The number of rotatable bonds is 6. The molecule has 2 heterocycles. The van der Waals surface area contributed by atoms with Gasteiger partial charge in [0.2, 0.25) is 10.0 Å². The molecule has 34 heavy (non-hydrogen) atoms. The van der Waals surface area contributed by atoms with Crippen LogP contribution in [0.4, 0.5) is 13.2 Å². The average Bonchev–Trinajstić information content (AvgIpc) is 3.30. The number of H-pyrrole nitrogens is 1. The van der Waals surface area contributed by atoms with E-state index < -0.39 is 38.3 Å². The summed E-state index contributed by atoms with van der Waals surface area (Å²) in [4.78, 5) is 15.2. The number of aromatic nitrogens is 1. The second-order valence-corrected chi connectivity index (χ2v) is 10.5. The Morgan fingerprint density at radius 2 is 1.91 bits per heavy atom. The second-order valence-electron chi connectivity index (χ2n) is 8.55. The molecule has 1 aliphatic heterocycles. The van der Waals surface area contributed by atoms with Gasteiger partial charge in [0.25, 0.3) is 5.56 Å². The maximum absolute atomic E-state index is 13.5. The lowest BCUT2D eigenvalue weighted by Crippen LogP contribution is -2.38. The Bertz CT molecular complexity index is 1380. The van der Waals surface area contributed by atoms with Gasteiger partial charge in [-0.1, -0.05) is 18.2 Å². The highest BCUT2D eigenvalue weighted by molar-refractivity contribution is 7.89. The summed E-state index contributed by atoms with van der Waals surface area (Å²) >= 11 is 0. The number of pyridine rings is 1. The number of ether oxygens (including phenoxy) is 1. The van der Waals surface area contributed by atoms with Crippen LogP contribution in [0.25, 0.3) is 10.9 Å². The van der Waals surface area contributed by atoms with Gasteiger partial charge in [0.15, 0.2) is 0 Å². The van der Waals surface area contributed by atoms with Gasteiger partial charge in [0.05, 0.1) is 22.1 Å². The van der Waals surface area contributed by atoms with Gasteiger partial charge in [-0.05, 0) is 67.5 Å². The van der Waals surface area contributed by atoms with Crippen molar-refractivity contribution in [1.82, 2.24) is 9.29 Å². The number of nitrogens with one attached hydrogen (secondary N) is 1. The van der Waals surface area contributed by atoms with Gasteiger partial charge < -0.3 is 9.72 Å². The molecule has 1 fully saturated rings. The average molecular weight is 495 g/mol. The van der Waals surface area contributed by atoms with E-state index in [4.69, 9.17) is 4.74 Å². The molecule has 6 nitrogen and oxygen atoms in total. The van der Waals surface area contributed by atoms with Crippen LogP contribution in [0.1, 0.15) is 35.1 Å². The minimum absolute atomic E-state index is 0.0665. The lowest BCUT2D eigenvalue weighted by atomic mass is 10.0. The fourth-order valence-corrected chi connectivity index (χ4v) is 5.62. The number of sulfonamides is 1. The third kappa shape index (κ3) is 4.89. The quantitative estimate of drug-likeness (QED) is 0.546. The van der Waals surface area contributed by atoms with Gasteiger partial charge in [0, 0.05) is 25.3 Å². The third-order valence-electron chi connectivity index (χ3n) is 6.21. The van der Waals surface area contributed by atoms with E-state index in [0.29, 0.717) is 24.6 Å². The van der Waals surface area contributed by atoms with Gasteiger partial charge in [-0.3, -0.25) is 4.79 Å². The molecule has 1 atom stereocenters. The first-order valence-electron chi connectivity index (χ1n) is 10.9. The number of aryl methyl sites for hydroxylation is 2. The predicted octanol–water partition coefficient (Wildman–Crippen LogP) is 4.53. The van der Waals surface area contributed by atoms with Gasteiger partial charge in [-0.15, -0.1) is 0 Å². The number of halogens is 3. The van der Waals surface area contributed by atoms with Crippen molar-refractivity contribution < 1.29 is 26.3 Å². The van der Waals surface area contributed by atoms with E-state index >= 15 is 0 Å². The Morgan fingerprint density at radius 1 is 1.15 bits per heavy atom. The lowest BCUT2D eigenvalue weighted by molar-refractivity contribution is -0.137. The molecule has 0 spiro atoms. The van der Waals surface area contributed by atoms with Crippen molar-refractivity contribution in [2.24, 2.45) is 0 Å². The Hall–Kier alpha value is -2.69. The number of benzene rings is 2. The van der Waals surface area contributed by atoms with Crippen LogP contribution in [0.3, 0.4) is 0 Å². The van der Waals surface area contributed by atoms with Crippen LogP contribution in [-0.4, -0.2) is 37.0 Å². The molecule has 2 aromatic carbocycles. The molecular formula is C24H25F3N2O4S. The largest absolute Gasteiger partial charge is 0.416 e. The minimum atomic E-state index is -4.68. The molecule has 0 amide bonds. The second kappa shape index (κ2) is 9.16. The Labute approximate surface area is 195 Å². The SMILES string of the molecule is Cc1ccc2cc(CN(C[C@@H]3CCCO3)S(=O)(=O)c3cccc(C(F)(F)F)c3)c(=O)[nH]c2c1C. The molecule has 0 aliphatic carbocycles. The first-order chi connectivity index (χ1) is 16.0. The molecule has 0 unspecified atom stereocenters. The number of nitrogens with zero attached hydrogens (tertiary/aromatic N) is 1. The monoisotopic (exact) mass is 494 g/mol. The highest BCUT2D eigenvalue weighted by Gasteiger charge is 2.34. The summed E-state index contributed by atoms with van der Waals surface area (Å²) in [6.07, 6.45) is -3.69. The van der Waals surface area contributed by atoms with Crippen molar-refractivity contribution in [1.29, 1.82) is 0 Å². The molecule has 182 valence electrons. The molecule has 0 radical (unpaired) electrons. The maximum Gasteiger partial charge on any atom is 0.416 e. The van der Waals surface area contributed by atoms with Crippen molar-refractivity contribution in [3.63, 3.8) is 0 Å². The molecule has 10 heteroatoms. The zero-order chi connectivity index (χ0) is 24.7. The molecule has 1 saturated heterocycles. The highest BCUT2D eigenvalue weighted by atomic mass is 32.2. The summed E-state index contributed by atoms with van der Waals surface area (Å²) < 4.78 is 73.2. The number of alkyl halides is 3. The van der Waals surface area contributed by atoms with Crippen molar-refractivity contribution in [3.8, 4) is 0 Å². The molecule has 4 rings (SSSR count). The van der Waals surface area contributed by atoms with Gasteiger partial charge in [-0.2, -0.15) is 17.5 Å². The normalized spacial score (nSPS) is 17.1. The highest BCUT2D eigenvalue weighted by Crippen LogP contribution is 2.32. The van der Waals surface area contributed by atoms with E-state index in [9.17, 15) is 26.4 Å². The van der Waals surface area contributed by atoms with Crippen molar-refractivity contribution in [2.75, 3.05) is 13.2 Å². The number of aromatic amines is 1. The van der Waals surface area contributed by atoms with Crippen LogP contribution < -0.4 is 5.56 Å². The zero-order valence-corrected chi connectivity index (χ0v) is 19.6. The molecule has 3 aromatic rings. The first kappa shape index (κ1) is 24.4. The molecule has 0 saturated carbocycles.